The van der Waals surface area contributed by atoms with Crippen molar-refractivity contribution in [1.29, 1.82) is 0 Å². The van der Waals surface area contributed by atoms with Gasteiger partial charge in [-0.2, -0.15) is 0 Å². The maximum atomic E-state index is 2.42. The second kappa shape index (κ2) is 9.33. The highest BCUT2D eigenvalue weighted by molar-refractivity contribution is 4.86. The number of hydrogen-bond donors (Lipinski definition) is 0. The van der Waals surface area contributed by atoms with Crippen molar-refractivity contribution >= 4 is 0 Å². The normalized spacial score (nSPS) is 37.4. The molecule has 2 aliphatic carbocycles. The standard InChI is InChI=1S/2C11H22/c2*1-5-10-7-9(4)11(10)6-8(2)3/h2*8-11H,5-7H2,1-4H3. The number of hydrogen-bond acceptors (Lipinski definition) is 0. The Balaban J connectivity index is 0.000000220. The summed E-state index contributed by atoms with van der Waals surface area (Å²) >= 11 is 0. The Hall–Kier alpha value is 0. The molecule has 22 heavy (non-hydrogen) atoms. The summed E-state index contributed by atoms with van der Waals surface area (Å²) in [7, 11) is 0. The lowest BCUT2D eigenvalue weighted by Crippen LogP contribution is -2.35. The minimum Gasteiger partial charge on any atom is -0.0651 e. The highest BCUT2D eigenvalue weighted by Gasteiger charge is 2.37. The molecule has 0 bridgehead atoms. The highest BCUT2D eigenvalue weighted by Crippen LogP contribution is 2.46. The van der Waals surface area contributed by atoms with Crippen LogP contribution in [-0.4, -0.2) is 0 Å². The predicted molar refractivity (Wildman–Crippen MR) is 101 cm³/mol. The summed E-state index contributed by atoms with van der Waals surface area (Å²) in [5.74, 6) is 8.07. The minimum absolute atomic E-state index is 0.900. The second-order valence-corrected chi connectivity index (χ2v) is 9.35. The van der Waals surface area contributed by atoms with Crippen LogP contribution in [0.2, 0.25) is 0 Å². The van der Waals surface area contributed by atoms with E-state index in [0.29, 0.717) is 0 Å². The Bertz CT molecular complexity index is 260. The van der Waals surface area contributed by atoms with Crippen molar-refractivity contribution < 1.29 is 0 Å². The molecule has 0 aromatic rings. The molecule has 0 amide bonds. The maximum Gasteiger partial charge on any atom is -0.0358 e. The van der Waals surface area contributed by atoms with Gasteiger partial charge in [0.25, 0.3) is 0 Å². The van der Waals surface area contributed by atoms with Crippen LogP contribution in [-0.2, 0) is 0 Å². The predicted octanol–water partition coefficient (Wildman–Crippen LogP) is 7.43. The highest BCUT2D eigenvalue weighted by atomic mass is 14.4. The minimum atomic E-state index is 0.900. The van der Waals surface area contributed by atoms with Crippen LogP contribution in [0.3, 0.4) is 0 Å². The molecule has 0 heterocycles. The third kappa shape index (κ3) is 5.57. The van der Waals surface area contributed by atoms with Crippen molar-refractivity contribution in [3.63, 3.8) is 0 Å². The zero-order chi connectivity index (χ0) is 16.9. The van der Waals surface area contributed by atoms with Crippen molar-refractivity contribution in [1.82, 2.24) is 0 Å². The molecule has 2 aliphatic rings. The molecule has 0 N–H and O–H groups in total. The summed E-state index contributed by atoms with van der Waals surface area (Å²) in [6.07, 6.45) is 8.71. The largest absolute Gasteiger partial charge is 0.0651 e. The molecule has 6 atom stereocenters. The zero-order valence-electron chi connectivity index (χ0n) is 16.9. The first-order valence-electron chi connectivity index (χ1n) is 10.3. The van der Waals surface area contributed by atoms with E-state index >= 15 is 0 Å². The Kier molecular flexibility index (Phi) is 8.50. The molecule has 132 valence electrons. The first-order valence-corrected chi connectivity index (χ1v) is 10.3. The Morgan fingerprint density at radius 1 is 0.682 bits per heavy atom. The van der Waals surface area contributed by atoms with Gasteiger partial charge in [-0.3, -0.25) is 0 Å². The fourth-order valence-electron chi connectivity index (χ4n) is 5.07. The molecule has 0 aliphatic heterocycles. The third-order valence-electron chi connectivity index (χ3n) is 6.56. The van der Waals surface area contributed by atoms with Crippen molar-refractivity contribution in [2.45, 2.75) is 93.9 Å². The van der Waals surface area contributed by atoms with E-state index in [-0.39, 0.29) is 0 Å². The van der Waals surface area contributed by atoms with Crippen molar-refractivity contribution in [3.05, 3.63) is 0 Å². The van der Waals surface area contributed by atoms with Gasteiger partial charge in [0, 0.05) is 0 Å². The summed E-state index contributed by atoms with van der Waals surface area (Å²) in [4.78, 5) is 0. The van der Waals surface area contributed by atoms with Gasteiger partial charge in [0.05, 0.1) is 0 Å². The van der Waals surface area contributed by atoms with Crippen molar-refractivity contribution in [2.24, 2.45) is 47.3 Å². The first kappa shape index (κ1) is 20.0. The molecule has 2 fully saturated rings. The van der Waals surface area contributed by atoms with Gasteiger partial charge in [0.2, 0.25) is 0 Å². The molecule has 0 nitrogen and oxygen atoms in total. The van der Waals surface area contributed by atoms with Gasteiger partial charge in [-0.15, -0.1) is 0 Å². The van der Waals surface area contributed by atoms with E-state index in [1.54, 1.807) is 0 Å². The maximum absolute atomic E-state index is 2.42. The Morgan fingerprint density at radius 2 is 1.00 bits per heavy atom. The summed E-state index contributed by atoms with van der Waals surface area (Å²) < 4.78 is 0. The molecule has 0 aromatic carbocycles. The van der Waals surface area contributed by atoms with Crippen molar-refractivity contribution in [3.8, 4) is 0 Å². The monoisotopic (exact) mass is 308 g/mol. The van der Waals surface area contributed by atoms with Crippen LogP contribution in [0.4, 0.5) is 0 Å². The molecule has 2 rings (SSSR count). The molecule has 0 spiro atoms. The summed E-state index contributed by atoms with van der Waals surface area (Å²) in [6.45, 7) is 18.9. The van der Waals surface area contributed by atoms with Crippen molar-refractivity contribution in [2.75, 3.05) is 0 Å². The van der Waals surface area contributed by atoms with E-state index in [0.717, 1.165) is 47.3 Å². The Labute approximate surface area is 141 Å². The fourth-order valence-corrected chi connectivity index (χ4v) is 5.07. The van der Waals surface area contributed by atoms with Crippen LogP contribution < -0.4 is 0 Å². The Morgan fingerprint density at radius 3 is 1.18 bits per heavy atom. The lowest BCUT2D eigenvalue weighted by molar-refractivity contribution is 0.0624. The van der Waals surface area contributed by atoms with Crippen LogP contribution in [0.1, 0.15) is 93.9 Å². The molecular formula is C22H44. The summed E-state index contributed by atoms with van der Waals surface area (Å²) in [5, 5.41) is 0. The molecule has 0 saturated heterocycles. The van der Waals surface area contributed by atoms with Crippen LogP contribution in [0.25, 0.3) is 0 Å². The van der Waals surface area contributed by atoms with Gasteiger partial charge in [0.1, 0.15) is 0 Å². The van der Waals surface area contributed by atoms with Gasteiger partial charge in [-0.1, -0.05) is 68.2 Å². The topological polar surface area (TPSA) is 0 Å². The zero-order valence-corrected chi connectivity index (χ0v) is 16.9. The molecule has 0 aromatic heterocycles. The van der Waals surface area contributed by atoms with Gasteiger partial charge >= 0.3 is 0 Å². The third-order valence-corrected chi connectivity index (χ3v) is 6.56. The average molecular weight is 309 g/mol. The first-order chi connectivity index (χ1) is 10.3. The van der Waals surface area contributed by atoms with E-state index in [1.165, 1.54) is 38.5 Å². The van der Waals surface area contributed by atoms with E-state index in [4.69, 9.17) is 0 Å². The van der Waals surface area contributed by atoms with Crippen LogP contribution in [0.5, 0.6) is 0 Å². The van der Waals surface area contributed by atoms with E-state index in [9.17, 15) is 0 Å². The second-order valence-electron chi connectivity index (χ2n) is 9.35. The smallest absolute Gasteiger partial charge is 0.0358 e. The SMILES string of the molecule is CCC1CC(C)C1CC(C)C.CCC1CC(C)C1CC(C)C. The molecule has 6 unspecified atom stereocenters. The lowest BCUT2D eigenvalue weighted by Gasteiger charge is -2.44. The fraction of sp³-hybridized carbons (Fsp3) is 1.00. The molecule has 0 radical (unpaired) electrons. The number of rotatable bonds is 6. The van der Waals surface area contributed by atoms with Crippen LogP contribution in [0.15, 0.2) is 0 Å². The molecule has 2 saturated carbocycles. The quantitative estimate of drug-likeness (QED) is 0.478. The van der Waals surface area contributed by atoms with Gasteiger partial charge < -0.3 is 0 Å². The molecular weight excluding hydrogens is 264 g/mol. The van der Waals surface area contributed by atoms with Crippen LogP contribution >= 0.6 is 0 Å². The van der Waals surface area contributed by atoms with Gasteiger partial charge in [0.15, 0.2) is 0 Å². The van der Waals surface area contributed by atoms with Gasteiger partial charge in [-0.05, 0) is 73.0 Å². The summed E-state index contributed by atoms with van der Waals surface area (Å²) in [6, 6.07) is 0. The van der Waals surface area contributed by atoms with Crippen LogP contribution in [0, 0.1) is 47.3 Å². The average Bonchev–Trinajstić information content (AvgIpc) is 2.45. The van der Waals surface area contributed by atoms with E-state index in [2.05, 4.69) is 55.4 Å². The lowest BCUT2D eigenvalue weighted by atomic mass is 9.62. The van der Waals surface area contributed by atoms with E-state index in [1.807, 2.05) is 0 Å². The molecule has 0 heteroatoms. The summed E-state index contributed by atoms with van der Waals surface area (Å²) in [5.41, 5.74) is 0. The van der Waals surface area contributed by atoms with E-state index < -0.39 is 0 Å². The van der Waals surface area contributed by atoms with Gasteiger partial charge in [-0.25, -0.2) is 0 Å².